The van der Waals surface area contributed by atoms with Gasteiger partial charge < -0.3 is 108 Å². The molecule has 0 spiro atoms. The summed E-state index contributed by atoms with van der Waals surface area (Å²) in [5.74, 6) is -8.63. The number of nitrogens with zero attached hydrogens (tertiary/aromatic N) is 8. The van der Waals surface area contributed by atoms with Crippen LogP contribution in [-0.2, 0) is 102 Å². The molecule has 4 aliphatic rings. The maximum atomic E-state index is 14.9. The second-order valence-electron chi connectivity index (χ2n) is 35.8. The number of aromatic nitrogens is 8. The fourth-order valence-electron chi connectivity index (χ4n) is 17.7. The van der Waals surface area contributed by atoms with E-state index in [1.54, 1.807) is 86.8 Å². The number of H-pyrrole nitrogens is 1. The van der Waals surface area contributed by atoms with E-state index in [-0.39, 0.29) is 124 Å². The number of cyclic esters (lactones) is 1. The van der Waals surface area contributed by atoms with E-state index in [9.17, 15) is 53.7 Å². The summed E-state index contributed by atoms with van der Waals surface area (Å²) in [5.41, 5.74) is 12.0. The van der Waals surface area contributed by atoms with E-state index < -0.39 is 83.7 Å². The molecule has 136 heavy (non-hydrogen) atoms. The van der Waals surface area contributed by atoms with Crippen LogP contribution in [0.5, 0.6) is 5.75 Å². The molecule has 4 aromatic heterocycles. The number of allylic oxidation sites excluding steroid dienone is 6. The quantitative estimate of drug-likeness (QED) is 0.00763. The normalized spacial score (nSPS) is 25.4. The van der Waals surface area contributed by atoms with Crippen LogP contribution < -0.4 is 21.7 Å². The van der Waals surface area contributed by atoms with Gasteiger partial charge in [-0.1, -0.05) is 88.4 Å². The first-order chi connectivity index (χ1) is 65.7. The Labute approximate surface area is 796 Å². The Kier molecular flexibility index (Phi) is 44.6. The van der Waals surface area contributed by atoms with E-state index in [1.165, 1.54) is 18.3 Å². The van der Waals surface area contributed by atoms with Crippen molar-refractivity contribution in [3.8, 4) is 28.4 Å². The van der Waals surface area contributed by atoms with Gasteiger partial charge in [-0.05, 0) is 156 Å². The molecule has 1 aliphatic carbocycles. The van der Waals surface area contributed by atoms with E-state index in [2.05, 4.69) is 41.2 Å². The molecule has 0 unspecified atom stereocenters. The molecule has 0 radical (unpaired) electrons. The third-order valence-electron chi connectivity index (χ3n) is 25.6. The largest absolute Gasteiger partial charge is 0.508 e. The number of carbonyl (C=O) groups excluding carboxylic acids is 8. The number of amides is 4. The van der Waals surface area contributed by atoms with E-state index >= 15 is 0 Å². The molecule has 2 bridgehead atoms. The molecule has 4 amide bonds. The molecular formula is C99H143N13O24. The third-order valence-corrected chi connectivity index (χ3v) is 25.6. The molecule has 1 saturated carbocycles. The fourth-order valence-corrected chi connectivity index (χ4v) is 17.7. The van der Waals surface area contributed by atoms with Gasteiger partial charge >= 0.3 is 5.97 Å². The standard InChI is InChI=1S/C99H143N13O24/c1-64-19-12-11-13-20-65(2)83(124-8)60-76-27-24-70(7)99(123,136-76)93(119)97(121)110-35-16-14-23-81(110)98(122)135-84(61-82(114)66(3)54-69(6)91(118)92(126-10)90(117)68(5)53-64)67(4)55-71-25-29-80(85(56-71)125-9)112-62-79(107-109-112)72-21-18-22-73(57-72)96(120)103-34-40-130-44-48-134-52-50-132-46-42-128-38-31-87(116)102-33-39-129-43-47-133-51-49-131-45-41-127-37-30-86(115)101-32-15-17-36-111-95-88(94(100)104-63-105-95)89(108-111)78-59-74-58-75(113)26-28-77(74)106-78/h11-13,18-22,26,28,54,57-59,62-64,66-68,70-71,76,80-81,83-85,91-92,106,113,118,123H,14-17,23-25,27,29-53,55-56,60-61H2,1-10H3,(H,101,115)(H,102,116)(H,103,120)(H2,100,104,105)/b13-11+,19-12+,65-20+,69-54+/t64-,66-,67-,68-,70-,71+,76+,80+,81+,83+,84+,85-,91-,92+,99-/m1/s1. The number of fused-ring (bicyclic) bond motifs is 5. The van der Waals surface area contributed by atoms with Crippen molar-refractivity contribution < 1.29 is 115 Å². The number of hydrogen-bond donors (Lipinski definition) is 8. The number of nitrogens with two attached hydrogens (primary N) is 1. The molecule has 748 valence electrons. The summed E-state index contributed by atoms with van der Waals surface area (Å²) in [6, 6.07) is 12.7. The van der Waals surface area contributed by atoms with Crippen molar-refractivity contribution in [1.82, 2.24) is 60.6 Å². The summed E-state index contributed by atoms with van der Waals surface area (Å²) in [6.45, 7) is 19.6. The summed E-state index contributed by atoms with van der Waals surface area (Å²) < 4.78 is 78.8. The van der Waals surface area contributed by atoms with Gasteiger partial charge in [0.2, 0.25) is 17.6 Å². The number of methoxy groups -OCH3 is 3. The molecular weight excluding hydrogens is 1760 g/mol. The average Bonchev–Trinajstić information content (AvgIpc) is 1.73. The number of ketones is 3. The van der Waals surface area contributed by atoms with Crippen molar-refractivity contribution in [3.05, 3.63) is 114 Å². The van der Waals surface area contributed by atoms with Gasteiger partial charge in [-0.2, -0.15) is 5.10 Å². The van der Waals surface area contributed by atoms with Crippen LogP contribution in [0.3, 0.4) is 0 Å². The highest BCUT2D eigenvalue weighted by atomic mass is 16.6. The summed E-state index contributed by atoms with van der Waals surface area (Å²) >= 11 is 0. The van der Waals surface area contributed by atoms with Gasteiger partial charge in [-0.15, -0.1) is 5.10 Å². The summed E-state index contributed by atoms with van der Waals surface area (Å²) in [6.07, 6.45) is 16.3. The minimum atomic E-state index is -2.49. The highest BCUT2D eigenvalue weighted by Crippen LogP contribution is 2.41. The predicted molar refractivity (Wildman–Crippen MR) is 506 cm³/mol. The molecule has 15 atom stereocenters. The Hall–Kier alpha value is -9.97. The number of unbranched alkanes of at least 4 members (excludes halogenated alkanes) is 1. The SMILES string of the molecule is CO[C@H]1C[C@@H]2CC[C@@H](C)[C@@](O)(O2)C(=O)C(=O)N2CCCC[C@H]2C(=O)O[C@H]([C@H](C)C[C@@H]2CC[C@H](n3cc(-c4cccc(C(=O)NCCOCCOCCOCCOCCC(=O)NCCOCCOCCOCCOCCC(=O)NCCCCn5nc(-c6cc7cc(O)ccc7[nH]6)c6c(N)ncnc65)c4)nn3)[C@H](OC)C2)CC(=O)[C@H](C)/C=C(\C)[C@@H](O)[C@@H](OC)C(=O)[C@H](C)C[C@H](C)/C=C/C=C/C=C/1C. The molecule has 3 aliphatic heterocycles. The Morgan fingerprint density at radius 1 is 0.699 bits per heavy atom. The number of nitrogens with one attached hydrogen (secondary N) is 4. The lowest BCUT2D eigenvalue weighted by Crippen LogP contribution is -2.61. The van der Waals surface area contributed by atoms with Gasteiger partial charge in [0.15, 0.2) is 11.4 Å². The van der Waals surface area contributed by atoms with E-state index in [0.717, 1.165) is 35.0 Å². The number of nitrogen functional groups attached to an aromatic ring is 1. The number of piperidine rings is 1. The highest BCUT2D eigenvalue weighted by molar-refractivity contribution is 6.39. The number of aryl methyl sites for hydroxylation is 1. The van der Waals surface area contributed by atoms with E-state index in [1.807, 2.05) is 76.4 Å². The molecule has 37 nitrogen and oxygen atoms in total. The van der Waals surface area contributed by atoms with Gasteiger partial charge in [0.25, 0.3) is 17.6 Å². The number of aliphatic hydroxyl groups excluding tert-OH is 1. The summed E-state index contributed by atoms with van der Waals surface area (Å²) in [4.78, 5) is 124. The Bertz CT molecular complexity index is 4940. The smallest absolute Gasteiger partial charge is 0.329 e. The van der Waals surface area contributed by atoms with Crippen LogP contribution in [0.2, 0.25) is 0 Å². The monoisotopic (exact) mass is 1900 g/mol. The number of rotatable bonds is 45. The molecule has 2 saturated heterocycles. The van der Waals surface area contributed by atoms with Crippen LogP contribution in [0.1, 0.15) is 168 Å². The van der Waals surface area contributed by atoms with Gasteiger partial charge in [0, 0.05) is 120 Å². The van der Waals surface area contributed by atoms with Gasteiger partial charge in [0.05, 0.1) is 147 Å². The number of Topliss-reactive ketones (excluding diaryl/α,β-unsaturated/α-hetero) is 3. The van der Waals surface area contributed by atoms with Crippen LogP contribution in [0, 0.1) is 35.5 Å². The van der Waals surface area contributed by atoms with E-state index in [4.69, 9.17) is 72.4 Å². The number of benzene rings is 2. The number of aromatic amines is 1. The van der Waals surface area contributed by atoms with E-state index in [0.29, 0.717) is 208 Å². The molecule has 10 rings (SSSR count). The van der Waals surface area contributed by atoms with Gasteiger partial charge in [0.1, 0.15) is 59.4 Å². The number of ether oxygens (including phenoxy) is 13. The predicted octanol–water partition coefficient (Wildman–Crippen LogP) is 9.25. The maximum Gasteiger partial charge on any atom is 0.329 e. The topological polar surface area (TPSA) is 473 Å². The molecule has 6 aromatic rings. The molecule has 3 fully saturated rings. The fraction of sp³-hybridized carbons (Fsp3) is 0.626. The highest BCUT2D eigenvalue weighted by Gasteiger charge is 2.53. The minimum absolute atomic E-state index is 0.0213. The Balaban J connectivity index is 0.558. The molecule has 37 heteroatoms. The second kappa shape index (κ2) is 56.2. The molecule has 9 N–H and O–H groups in total. The lowest BCUT2D eigenvalue weighted by molar-refractivity contribution is -0.265. The van der Waals surface area contributed by atoms with Crippen molar-refractivity contribution in [3.63, 3.8) is 0 Å². The lowest BCUT2D eigenvalue weighted by Gasteiger charge is -2.42. The third kappa shape index (κ3) is 32.6. The number of phenolic OH excluding ortho intramolecular Hbond substituents is 1. The zero-order valence-electron chi connectivity index (χ0n) is 80.6. The van der Waals surface area contributed by atoms with Gasteiger partial charge in [-0.25, -0.2) is 24.1 Å². The molecule has 7 heterocycles. The molecule has 2 aromatic carbocycles. The van der Waals surface area contributed by atoms with Crippen molar-refractivity contribution in [2.75, 3.05) is 159 Å². The van der Waals surface area contributed by atoms with Gasteiger partial charge in [-0.3, -0.25) is 33.6 Å². The maximum absolute atomic E-state index is 14.9. The van der Waals surface area contributed by atoms with Crippen LogP contribution in [0.15, 0.2) is 109 Å². The average molecular weight is 1900 g/mol. The van der Waals surface area contributed by atoms with Crippen LogP contribution >= 0.6 is 0 Å². The first kappa shape index (κ1) is 108. The zero-order chi connectivity index (χ0) is 97.5. The first-order valence-corrected chi connectivity index (χ1v) is 47.9. The van der Waals surface area contributed by atoms with Crippen LogP contribution in [0.25, 0.3) is 44.6 Å². The first-order valence-electron chi connectivity index (χ1n) is 47.9. The van der Waals surface area contributed by atoms with Crippen LogP contribution in [-0.4, -0.2) is 309 Å². The second-order valence-corrected chi connectivity index (χ2v) is 35.8. The Morgan fingerprint density at radius 3 is 2.03 bits per heavy atom. The number of phenols is 1. The lowest BCUT2D eigenvalue weighted by atomic mass is 9.77. The number of aliphatic hydroxyl groups is 2. The van der Waals surface area contributed by atoms with Crippen LogP contribution in [0.4, 0.5) is 5.82 Å². The number of hydrogen-bond acceptors (Lipinski definition) is 30. The number of aromatic hydroxyl groups is 1. The summed E-state index contributed by atoms with van der Waals surface area (Å²) in [7, 11) is 4.59. The minimum Gasteiger partial charge on any atom is -0.508 e. The number of carbonyl (C=O) groups is 8. The number of anilines is 1. The van der Waals surface area contributed by atoms with Crippen molar-refractivity contribution >= 4 is 74.7 Å². The van der Waals surface area contributed by atoms with Crippen molar-refractivity contribution in [2.24, 2.45) is 35.5 Å². The van der Waals surface area contributed by atoms with Crippen molar-refractivity contribution in [1.29, 1.82) is 0 Å². The summed E-state index contributed by atoms with van der Waals surface area (Å²) in [5, 5.41) is 57.9. The Morgan fingerprint density at radius 2 is 1.36 bits per heavy atom. The number of esters is 1. The zero-order valence-corrected chi connectivity index (χ0v) is 80.6. The van der Waals surface area contributed by atoms with Crippen molar-refractivity contribution in [2.45, 2.75) is 212 Å².